The number of hydrogen-bond acceptors (Lipinski definition) is 0. The Kier molecular flexibility index (Phi) is 1.13. The van der Waals surface area contributed by atoms with E-state index in [9.17, 15) is 0 Å². The molecule has 1 N–H and O–H groups in total. The molecule has 4 rings (SSSR count). The summed E-state index contributed by atoms with van der Waals surface area (Å²) in [6.07, 6.45) is 4.23. The van der Waals surface area contributed by atoms with Crippen molar-refractivity contribution in [1.29, 1.82) is 0 Å². The van der Waals surface area contributed by atoms with Crippen molar-refractivity contribution < 1.29 is 0 Å². The summed E-state index contributed by atoms with van der Waals surface area (Å²) in [6, 6.07) is 8.75. The lowest BCUT2D eigenvalue weighted by molar-refractivity contribution is 0.709. The minimum absolute atomic E-state index is 0.849. The third-order valence-electron chi connectivity index (χ3n) is 4.03. The van der Waals surface area contributed by atoms with E-state index in [4.69, 9.17) is 0 Å². The maximum Gasteiger partial charge on any atom is 0.0459 e. The standard InChI is InChI=1S/C13H13N/c1-2-4-11-10(3-1)12-8-5-6-9(7-8)13(12)14-11/h1-4,8-9,14H,5-7H2. The molecule has 0 amide bonds. The van der Waals surface area contributed by atoms with E-state index < -0.39 is 0 Å². The Hall–Kier alpha value is -1.24. The van der Waals surface area contributed by atoms with Crippen LogP contribution in [0.25, 0.3) is 10.9 Å². The molecule has 0 spiro atoms. The maximum absolute atomic E-state index is 3.61. The van der Waals surface area contributed by atoms with Crippen molar-refractivity contribution in [2.75, 3.05) is 0 Å². The van der Waals surface area contributed by atoms with Crippen LogP contribution in [0.15, 0.2) is 24.3 Å². The quantitative estimate of drug-likeness (QED) is 0.643. The molecule has 2 atom stereocenters. The second-order valence-electron chi connectivity index (χ2n) is 4.70. The van der Waals surface area contributed by atoms with Crippen LogP contribution in [0.1, 0.15) is 42.4 Å². The summed E-state index contributed by atoms with van der Waals surface area (Å²) < 4.78 is 0. The van der Waals surface area contributed by atoms with Crippen LogP contribution < -0.4 is 0 Å². The van der Waals surface area contributed by atoms with Gasteiger partial charge in [0.15, 0.2) is 0 Å². The number of rotatable bonds is 0. The highest BCUT2D eigenvalue weighted by molar-refractivity contribution is 5.86. The molecule has 2 aromatic rings. The molecule has 2 bridgehead atoms. The lowest BCUT2D eigenvalue weighted by atomic mass is 9.95. The van der Waals surface area contributed by atoms with Crippen molar-refractivity contribution in [2.45, 2.75) is 31.1 Å². The highest BCUT2D eigenvalue weighted by Crippen LogP contribution is 2.54. The molecule has 1 heterocycles. The van der Waals surface area contributed by atoms with Crippen LogP contribution in [-0.2, 0) is 0 Å². The Morgan fingerprint density at radius 2 is 1.93 bits per heavy atom. The molecule has 2 aliphatic rings. The van der Waals surface area contributed by atoms with Gasteiger partial charge < -0.3 is 4.98 Å². The predicted octanol–water partition coefficient (Wildman–Crippen LogP) is 3.53. The van der Waals surface area contributed by atoms with Gasteiger partial charge in [0, 0.05) is 16.6 Å². The first-order chi connectivity index (χ1) is 6.93. The number of hydrogen-bond donors (Lipinski definition) is 1. The minimum Gasteiger partial charge on any atom is -0.358 e. The van der Waals surface area contributed by atoms with Gasteiger partial charge in [0.05, 0.1) is 0 Å². The lowest BCUT2D eigenvalue weighted by Crippen LogP contribution is -1.94. The SMILES string of the molecule is c1ccc2c3c([nH]c2c1)C1CCC3C1. The zero-order valence-corrected chi connectivity index (χ0v) is 8.09. The summed E-state index contributed by atoms with van der Waals surface area (Å²) in [5.41, 5.74) is 4.55. The van der Waals surface area contributed by atoms with Crippen LogP contribution in [0.5, 0.6) is 0 Å². The summed E-state index contributed by atoms with van der Waals surface area (Å²) in [5, 5.41) is 1.48. The normalized spacial score (nSPS) is 28.6. The topological polar surface area (TPSA) is 15.8 Å². The van der Waals surface area contributed by atoms with E-state index in [-0.39, 0.29) is 0 Å². The monoisotopic (exact) mass is 183 g/mol. The van der Waals surface area contributed by atoms with Crippen LogP contribution in [0.3, 0.4) is 0 Å². The van der Waals surface area contributed by atoms with Gasteiger partial charge in [0.1, 0.15) is 0 Å². The van der Waals surface area contributed by atoms with E-state index >= 15 is 0 Å². The minimum atomic E-state index is 0.849. The number of aromatic amines is 1. The maximum atomic E-state index is 3.61. The number of H-pyrrole nitrogens is 1. The number of para-hydroxylation sites is 1. The zero-order chi connectivity index (χ0) is 9.12. The van der Waals surface area contributed by atoms with E-state index in [1.807, 2.05) is 0 Å². The van der Waals surface area contributed by atoms with Crippen LogP contribution >= 0.6 is 0 Å². The van der Waals surface area contributed by atoms with Crippen molar-refractivity contribution in [3.05, 3.63) is 35.5 Å². The average Bonchev–Trinajstić information content (AvgIpc) is 2.88. The molecule has 0 radical (unpaired) electrons. The van der Waals surface area contributed by atoms with Crippen LogP contribution in [0.2, 0.25) is 0 Å². The van der Waals surface area contributed by atoms with Crippen molar-refractivity contribution in [3.63, 3.8) is 0 Å². The highest BCUT2D eigenvalue weighted by Gasteiger charge is 2.39. The average molecular weight is 183 g/mol. The van der Waals surface area contributed by atoms with E-state index in [2.05, 4.69) is 29.2 Å². The van der Waals surface area contributed by atoms with E-state index in [1.165, 1.54) is 30.2 Å². The fourth-order valence-corrected chi connectivity index (χ4v) is 3.45. The van der Waals surface area contributed by atoms with Crippen molar-refractivity contribution in [2.24, 2.45) is 0 Å². The van der Waals surface area contributed by atoms with Crippen molar-refractivity contribution in [3.8, 4) is 0 Å². The molecule has 2 unspecified atom stereocenters. The summed E-state index contributed by atoms with van der Waals surface area (Å²) in [4.78, 5) is 3.61. The van der Waals surface area contributed by atoms with Crippen molar-refractivity contribution >= 4 is 10.9 Å². The van der Waals surface area contributed by atoms with Gasteiger partial charge in [-0.2, -0.15) is 0 Å². The summed E-state index contributed by atoms with van der Waals surface area (Å²) in [5.74, 6) is 1.72. The van der Waals surface area contributed by atoms with Gasteiger partial charge in [-0.05, 0) is 42.7 Å². The van der Waals surface area contributed by atoms with Crippen LogP contribution in [0.4, 0.5) is 0 Å². The van der Waals surface area contributed by atoms with Gasteiger partial charge in [-0.1, -0.05) is 18.2 Å². The number of aromatic nitrogens is 1. The molecule has 1 fully saturated rings. The van der Waals surface area contributed by atoms with Gasteiger partial charge in [-0.3, -0.25) is 0 Å². The fourth-order valence-electron chi connectivity index (χ4n) is 3.45. The van der Waals surface area contributed by atoms with Crippen molar-refractivity contribution in [1.82, 2.24) is 4.98 Å². The first kappa shape index (κ1) is 7.10. The van der Waals surface area contributed by atoms with Gasteiger partial charge in [-0.15, -0.1) is 0 Å². The van der Waals surface area contributed by atoms with Gasteiger partial charge in [-0.25, -0.2) is 0 Å². The Morgan fingerprint density at radius 1 is 1.07 bits per heavy atom. The molecular weight excluding hydrogens is 170 g/mol. The number of benzene rings is 1. The van der Waals surface area contributed by atoms with E-state index in [1.54, 1.807) is 11.3 Å². The fraction of sp³-hybridized carbons (Fsp3) is 0.385. The summed E-state index contributed by atoms with van der Waals surface area (Å²) in [7, 11) is 0. The Balaban J connectivity index is 2.13. The molecule has 0 saturated heterocycles. The van der Waals surface area contributed by atoms with Crippen LogP contribution in [0, 0.1) is 0 Å². The Bertz CT molecular complexity index is 509. The molecule has 1 nitrogen and oxygen atoms in total. The summed E-state index contributed by atoms with van der Waals surface area (Å²) >= 11 is 0. The molecule has 0 aliphatic heterocycles. The van der Waals surface area contributed by atoms with Gasteiger partial charge in [0.25, 0.3) is 0 Å². The first-order valence-electron chi connectivity index (χ1n) is 5.54. The molecule has 1 saturated carbocycles. The number of nitrogens with one attached hydrogen (secondary N) is 1. The Morgan fingerprint density at radius 3 is 2.93 bits per heavy atom. The molecule has 1 heteroatoms. The molecule has 1 aromatic heterocycles. The highest BCUT2D eigenvalue weighted by atomic mass is 14.8. The molecule has 70 valence electrons. The Labute approximate surface area is 83.1 Å². The third-order valence-corrected chi connectivity index (χ3v) is 4.03. The van der Waals surface area contributed by atoms with Gasteiger partial charge >= 0.3 is 0 Å². The summed E-state index contributed by atoms with van der Waals surface area (Å²) in [6.45, 7) is 0. The second-order valence-corrected chi connectivity index (χ2v) is 4.70. The molecule has 14 heavy (non-hydrogen) atoms. The van der Waals surface area contributed by atoms with Gasteiger partial charge in [0.2, 0.25) is 0 Å². The lowest BCUT2D eigenvalue weighted by Gasteiger charge is -2.09. The predicted molar refractivity (Wildman–Crippen MR) is 57.6 cm³/mol. The first-order valence-corrected chi connectivity index (χ1v) is 5.54. The van der Waals surface area contributed by atoms with E-state index in [0.717, 1.165) is 11.8 Å². The van der Waals surface area contributed by atoms with E-state index in [0.29, 0.717) is 0 Å². The zero-order valence-electron chi connectivity index (χ0n) is 8.09. The van der Waals surface area contributed by atoms with Crippen LogP contribution in [-0.4, -0.2) is 4.98 Å². The smallest absolute Gasteiger partial charge is 0.0459 e. The molecule has 2 aliphatic carbocycles. The molecular formula is C13H13N. The third kappa shape index (κ3) is 0.682. The largest absolute Gasteiger partial charge is 0.358 e. The molecule has 1 aromatic carbocycles. The second kappa shape index (κ2) is 2.22. The number of fused-ring (bicyclic) bond motifs is 7.